The Balaban J connectivity index is 1.82. The molecule has 2 heterocycles. The summed E-state index contributed by atoms with van der Waals surface area (Å²) >= 11 is 0. The molecular weight excluding hydrogens is 318 g/mol. The lowest BCUT2D eigenvalue weighted by Crippen LogP contribution is -2.30. The number of benzene rings is 1. The van der Waals surface area contributed by atoms with E-state index < -0.39 is 0 Å². The second-order valence-corrected chi connectivity index (χ2v) is 6.08. The fourth-order valence-electron chi connectivity index (χ4n) is 3.00. The molecule has 0 aliphatic rings. The van der Waals surface area contributed by atoms with E-state index in [4.69, 9.17) is 5.11 Å². The Morgan fingerprint density at radius 1 is 1.36 bits per heavy atom. The number of hydrogen-bond donors (Lipinski definition) is 2. The third-order valence-electron chi connectivity index (χ3n) is 4.28. The zero-order valence-electron chi connectivity index (χ0n) is 14.5. The molecule has 0 bridgehead atoms. The molecule has 0 fully saturated rings. The predicted molar refractivity (Wildman–Crippen MR) is 95.1 cm³/mol. The lowest BCUT2D eigenvalue weighted by atomic mass is 10.1. The number of hydrogen-bond acceptors (Lipinski definition) is 4. The fourth-order valence-corrected chi connectivity index (χ4v) is 3.00. The molecule has 0 spiro atoms. The normalized spacial score (nSPS) is 12.4. The Morgan fingerprint density at radius 3 is 2.88 bits per heavy atom. The Bertz CT molecular complexity index is 867. The van der Waals surface area contributed by atoms with Crippen LogP contribution >= 0.6 is 0 Å². The van der Waals surface area contributed by atoms with E-state index in [1.54, 1.807) is 24.7 Å². The first-order valence-electron chi connectivity index (χ1n) is 8.48. The van der Waals surface area contributed by atoms with Gasteiger partial charge < -0.3 is 19.6 Å². The number of aryl methyl sites for hydroxylation is 1. The van der Waals surface area contributed by atoms with Crippen LogP contribution in [0.2, 0.25) is 0 Å². The molecule has 0 radical (unpaired) electrons. The molecule has 0 saturated heterocycles. The van der Waals surface area contributed by atoms with E-state index in [0.717, 1.165) is 29.7 Å². The highest BCUT2D eigenvalue weighted by molar-refractivity contribution is 5.97. The topological polar surface area (TPSA) is 85.0 Å². The van der Waals surface area contributed by atoms with Gasteiger partial charge in [-0.05, 0) is 24.6 Å². The van der Waals surface area contributed by atoms with Gasteiger partial charge >= 0.3 is 0 Å². The summed E-state index contributed by atoms with van der Waals surface area (Å²) < 4.78 is 3.80. The van der Waals surface area contributed by atoms with Crippen LogP contribution in [0.5, 0.6) is 0 Å². The van der Waals surface area contributed by atoms with Gasteiger partial charge in [-0.1, -0.05) is 13.3 Å². The van der Waals surface area contributed by atoms with Crippen LogP contribution < -0.4 is 5.32 Å². The van der Waals surface area contributed by atoms with Crippen molar-refractivity contribution in [1.82, 2.24) is 24.4 Å². The summed E-state index contributed by atoms with van der Waals surface area (Å²) in [5.74, 6) is 0.712. The van der Waals surface area contributed by atoms with Gasteiger partial charge in [-0.15, -0.1) is 0 Å². The van der Waals surface area contributed by atoms with Crippen molar-refractivity contribution in [2.75, 3.05) is 6.61 Å². The number of fused-ring (bicyclic) bond motifs is 1. The molecule has 3 aromatic rings. The van der Waals surface area contributed by atoms with Crippen LogP contribution in [0.15, 0.2) is 36.9 Å². The molecule has 132 valence electrons. The molecule has 1 unspecified atom stereocenters. The molecule has 1 aromatic carbocycles. The second-order valence-electron chi connectivity index (χ2n) is 6.08. The Morgan fingerprint density at radius 2 is 2.20 bits per heavy atom. The lowest BCUT2D eigenvalue weighted by molar-refractivity contribution is 0.0932. The minimum Gasteiger partial charge on any atom is -0.395 e. The van der Waals surface area contributed by atoms with Crippen LogP contribution in [-0.4, -0.2) is 36.7 Å². The molecule has 2 aromatic heterocycles. The number of aliphatic hydroxyl groups is 1. The van der Waals surface area contributed by atoms with Crippen molar-refractivity contribution in [3.63, 3.8) is 0 Å². The Kier molecular flexibility index (Phi) is 5.14. The highest BCUT2D eigenvalue weighted by Gasteiger charge is 2.19. The van der Waals surface area contributed by atoms with Gasteiger partial charge in [-0.25, -0.2) is 9.97 Å². The quantitative estimate of drug-likeness (QED) is 0.689. The van der Waals surface area contributed by atoms with Gasteiger partial charge in [0, 0.05) is 31.5 Å². The predicted octanol–water partition coefficient (Wildman–Crippen LogP) is 2.03. The number of aromatic nitrogens is 4. The van der Waals surface area contributed by atoms with Crippen LogP contribution in [0.4, 0.5) is 0 Å². The average Bonchev–Trinajstić information content (AvgIpc) is 3.21. The summed E-state index contributed by atoms with van der Waals surface area (Å²) in [5, 5.41) is 12.2. The molecular formula is C18H23N5O2. The molecule has 0 aliphatic carbocycles. The largest absolute Gasteiger partial charge is 0.395 e. The highest BCUT2D eigenvalue weighted by atomic mass is 16.3. The SMILES string of the molecule is CCCC(NC(=O)c1ccc2c(c1)ncn2CCO)c1nccn1C. The molecule has 1 atom stereocenters. The third-order valence-corrected chi connectivity index (χ3v) is 4.28. The Labute approximate surface area is 146 Å². The zero-order chi connectivity index (χ0) is 17.8. The third kappa shape index (κ3) is 3.56. The molecule has 7 heteroatoms. The summed E-state index contributed by atoms with van der Waals surface area (Å²) in [6.07, 6.45) is 7.07. The van der Waals surface area contributed by atoms with Crippen LogP contribution in [0.25, 0.3) is 11.0 Å². The van der Waals surface area contributed by atoms with Crippen molar-refractivity contribution in [3.05, 3.63) is 48.3 Å². The van der Waals surface area contributed by atoms with Gasteiger partial charge in [0.05, 0.1) is 30.0 Å². The summed E-state index contributed by atoms with van der Waals surface area (Å²) in [7, 11) is 1.93. The van der Waals surface area contributed by atoms with E-state index >= 15 is 0 Å². The van der Waals surface area contributed by atoms with Crippen LogP contribution in [0.1, 0.15) is 42.0 Å². The van der Waals surface area contributed by atoms with Crippen molar-refractivity contribution in [3.8, 4) is 0 Å². The fraction of sp³-hybridized carbons (Fsp3) is 0.389. The standard InChI is InChI=1S/C18H23N5O2/c1-3-4-14(17-19-7-8-22(17)2)21-18(25)13-5-6-16-15(11-13)20-12-23(16)9-10-24/h5-8,11-12,14,24H,3-4,9-10H2,1-2H3,(H,21,25). The lowest BCUT2D eigenvalue weighted by Gasteiger charge is -2.18. The molecule has 0 aliphatic heterocycles. The molecule has 0 saturated carbocycles. The number of nitrogens with zero attached hydrogens (tertiary/aromatic N) is 4. The first-order chi connectivity index (χ1) is 12.1. The van der Waals surface area contributed by atoms with Crippen molar-refractivity contribution in [1.29, 1.82) is 0 Å². The Hall–Kier alpha value is -2.67. The maximum Gasteiger partial charge on any atom is 0.251 e. The number of amides is 1. The maximum atomic E-state index is 12.7. The summed E-state index contributed by atoms with van der Waals surface area (Å²) in [4.78, 5) is 21.4. The number of imidazole rings is 2. The minimum absolute atomic E-state index is 0.0516. The first kappa shape index (κ1) is 17.2. The van der Waals surface area contributed by atoms with Gasteiger partial charge in [-0.2, -0.15) is 0 Å². The van der Waals surface area contributed by atoms with Crippen molar-refractivity contribution >= 4 is 16.9 Å². The van der Waals surface area contributed by atoms with Gasteiger partial charge in [-0.3, -0.25) is 4.79 Å². The van der Waals surface area contributed by atoms with Crippen LogP contribution in [0, 0.1) is 0 Å². The molecule has 3 rings (SSSR count). The molecule has 2 N–H and O–H groups in total. The van der Waals surface area contributed by atoms with Crippen LogP contribution in [-0.2, 0) is 13.6 Å². The van der Waals surface area contributed by atoms with E-state index in [1.165, 1.54) is 0 Å². The number of carbonyl (C=O) groups excluding carboxylic acids is 1. The summed E-state index contributed by atoms with van der Waals surface area (Å²) in [6, 6.07) is 5.30. The zero-order valence-corrected chi connectivity index (χ0v) is 14.5. The van der Waals surface area contributed by atoms with E-state index in [1.807, 2.05) is 28.4 Å². The van der Waals surface area contributed by atoms with Crippen molar-refractivity contribution in [2.24, 2.45) is 7.05 Å². The van der Waals surface area contributed by atoms with E-state index in [-0.39, 0.29) is 18.6 Å². The van der Waals surface area contributed by atoms with Crippen LogP contribution in [0.3, 0.4) is 0 Å². The van der Waals surface area contributed by atoms with E-state index in [2.05, 4.69) is 22.2 Å². The van der Waals surface area contributed by atoms with E-state index in [0.29, 0.717) is 12.1 Å². The minimum atomic E-state index is -0.139. The van der Waals surface area contributed by atoms with Gasteiger partial charge in [0.25, 0.3) is 5.91 Å². The van der Waals surface area contributed by atoms with Crippen molar-refractivity contribution < 1.29 is 9.90 Å². The summed E-state index contributed by atoms with van der Waals surface area (Å²) in [5.41, 5.74) is 2.21. The second kappa shape index (κ2) is 7.48. The van der Waals surface area contributed by atoms with E-state index in [9.17, 15) is 4.79 Å². The number of rotatable bonds is 7. The van der Waals surface area contributed by atoms with Gasteiger partial charge in [0.1, 0.15) is 5.82 Å². The van der Waals surface area contributed by atoms with Gasteiger partial charge in [0.15, 0.2) is 0 Å². The smallest absolute Gasteiger partial charge is 0.251 e. The summed E-state index contributed by atoms with van der Waals surface area (Å²) in [6.45, 7) is 2.62. The monoisotopic (exact) mass is 341 g/mol. The number of carbonyl (C=O) groups is 1. The van der Waals surface area contributed by atoms with Crippen molar-refractivity contribution in [2.45, 2.75) is 32.4 Å². The number of aliphatic hydroxyl groups excluding tert-OH is 1. The van der Waals surface area contributed by atoms with Gasteiger partial charge in [0.2, 0.25) is 0 Å². The first-order valence-corrected chi connectivity index (χ1v) is 8.48. The highest BCUT2D eigenvalue weighted by Crippen LogP contribution is 2.19. The molecule has 7 nitrogen and oxygen atoms in total. The maximum absolute atomic E-state index is 12.7. The molecule has 1 amide bonds. The molecule has 25 heavy (non-hydrogen) atoms. The average molecular weight is 341 g/mol. The number of nitrogens with one attached hydrogen (secondary N) is 1.